The second kappa shape index (κ2) is 25.2. The van der Waals surface area contributed by atoms with Crippen LogP contribution in [0.5, 0.6) is 0 Å². The quantitative estimate of drug-likeness (QED) is 0.308. The Labute approximate surface area is 121 Å². The van der Waals surface area contributed by atoms with Crippen LogP contribution in [0.1, 0.15) is 6.42 Å². The van der Waals surface area contributed by atoms with Gasteiger partial charge in [-0.05, 0) is 6.42 Å². The summed E-state index contributed by atoms with van der Waals surface area (Å²) in [5, 5.41) is 8.81. The summed E-state index contributed by atoms with van der Waals surface area (Å²) in [6.07, 6.45) is 0.481. The van der Waals surface area contributed by atoms with Crippen molar-refractivity contribution < 1.29 is 26.7 Å². The molecule has 0 aliphatic heterocycles. The number of carboxylic acids is 1. The molecule has 0 aromatic rings. The summed E-state index contributed by atoms with van der Waals surface area (Å²) in [5.41, 5.74) is 24.7. The Morgan fingerprint density at radius 2 is 1.35 bits per heavy atom. The van der Waals surface area contributed by atoms with Crippen LogP contribution in [-0.2, 0) is 21.6 Å². The summed E-state index contributed by atoms with van der Waals surface area (Å²) in [5.74, 6) is -0.940. The zero-order valence-electron chi connectivity index (χ0n) is 9.77. The van der Waals surface area contributed by atoms with Crippen molar-refractivity contribution >= 4 is 21.9 Å². The minimum absolute atomic E-state index is 0. The number of carbonyl (C=O) groups is 1. The van der Waals surface area contributed by atoms with Crippen molar-refractivity contribution in [3.05, 3.63) is 0 Å². The van der Waals surface area contributed by atoms with E-state index in [9.17, 15) is 4.79 Å². The smallest absolute Gasteiger partial charge is 0.480 e. The van der Waals surface area contributed by atoms with Gasteiger partial charge in [-0.25, -0.2) is 0 Å². The van der Waals surface area contributed by atoms with Gasteiger partial charge < -0.3 is 33.8 Å². The molecule has 0 unspecified atom stereocenters. The first-order valence-electron chi connectivity index (χ1n) is 4.86. The normalized spacial score (nSPS) is 9.76. The molecule has 7 nitrogen and oxygen atoms in total. The number of carboxylic acid groups (broad SMARTS) is 1. The average Bonchev–Trinajstić information content (AvgIpc) is 2.30. The molecule has 0 saturated carbocycles. The van der Waals surface area contributed by atoms with E-state index in [0.29, 0.717) is 37.9 Å². The van der Waals surface area contributed by atoms with Crippen LogP contribution in [0.3, 0.4) is 0 Å². The maximum Gasteiger partial charge on any atom is 2.00 e. The summed E-state index contributed by atoms with van der Waals surface area (Å²) >= 11 is 3.07. The van der Waals surface area contributed by atoms with Gasteiger partial charge in [0, 0.05) is 31.5 Å². The van der Waals surface area contributed by atoms with Crippen molar-refractivity contribution in [2.24, 2.45) is 28.7 Å². The summed E-state index contributed by atoms with van der Waals surface area (Å²) in [4.78, 5) is 9.94. The predicted octanol–water partition coefficient (Wildman–Crippen LogP) is -2.01. The van der Waals surface area contributed by atoms with Gasteiger partial charge >= 0.3 is 22.7 Å². The van der Waals surface area contributed by atoms with Crippen LogP contribution in [0.2, 0.25) is 0 Å². The Bertz CT molecular complexity index is 137. The zero-order valence-corrected chi connectivity index (χ0v) is 12.4. The topological polar surface area (TPSA) is 167 Å². The number of hydrogen-bond acceptors (Lipinski definition) is 6. The Morgan fingerprint density at radius 3 is 1.41 bits per heavy atom. The molecule has 0 aliphatic carbocycles. The molecule has 107 valence electrons. The van der Waals surface area contributed by atoms with E-state index in [-0.39, 0.29) is 16.8 Å². The van der Waals surface area contributed by atoms with E-state index in [1.54, 1.807) is 0 Å². The van der Waals surface area contributed by atoms with Crippen molar-refractivity contribution in [2.45, 2.75) is 12.5 Å². The molecule has 0 aromatic carbocycles. The minimum Gasteiger partial charge on any atom is -0.480 e. The van der Waals surface area contributed by atoms with Crippen LogP contribution in [0, 0.1) is 0 Å². The summed E-state index contributed by atoms with van der Waals surface area (Å²) < 4.78 is 0. The van der Waals surface area contributed by atoms with Gasteiger partial charge in [-0.15, -0.1) is 0 Å². The third kappa shape index (κ3) is 38.6. The van der Waals surface area contributed by atoms with Crippen LogP contribution in [0.4, 0.5) is 0 Å². The van der Waals surface area contributed by atoms with E-state index >= 15 is 0 Å². The second-order valence-corrected chi connectivity index (χ2v) is 3.37. The molecule has 0 heterocycles. The van der Waals surface area contributed by atoms with Gasteiger partial charge in [0.1, 0.15) is 6.04 Å². The van der Waals surface area contributed by atoms with Crippen LogP contribution < -0.4 is 28.7 Å². The SMILES string of the molecule is NCCN.NCCN.N[C@@H](CCBr)C(=O)O.[Co+2]. The number of alkyl halides is 1. The molecule has 1 radical (unpaired) electrons. The molecule has 0 aliphatic rings. The third-order valence-electron chi connectivity index (χ3n) is 1.07. The molecule has 0 saturated heterocycles. The Morgan fingerprint density at radius 1 is 1.06 bits per heavy atom. The van der Waals surface area contributed by atoms with Gasteiger partial charge in [0.05, 0.1) is 0 Å². The second-order valence-electron chi connectivity index (χ2n) is 2.58. The summed E-state index contributed by atoms with van der Waals surface area (Å²) in [7, 11) is 0. The molecule has 0 fully saturated rings. The first kappa shape index (κ1) is 26.0. The van der Waals surface area contributed by atoms with Crippen LogP contribution in [0.25, 0.3) is 0 Å². The van der Waals surface area contributed by atoms with Gasteiger partial charge in [-0.3, -0.25) is 4.79 Å². The van der Waals surface area contributed by atoms with Crippen LogP contribution in [-0.4, -0.2) is 48.6 Å². The van der Waals surface area contributed by atoms with E-state index in [2.05, 4.69) is 15.9 Å². The monoisotopic (exact) mass is 360 g/mol. The molecular formula is C8H24BrCoN5O2+2. The predicted molar refractivity (Wildman–Crippen MR) is 70.2 cm³/mol. The van der Waals surface area contributed by atoms with Gasteiger partial charge in [0.25, 0.3) is 0 Å². The van der Waals surface area contributed by atoms with Gasteiger partial charge in [0.2, 0.25) is 0 Å². The molecule has 0 bridgehead atoms. The fourth-order valence-corrected chi connectivity index (χ4v) is 0.734. The number of nitrogens with two attached hydrogens (primary N) is 5. The standard InChI is InChI=1S/C4H8BrNO2.2C2H8N2.Co/c5-2-1-3(6)4(7)8;2*3-1-2-4;/h3H,1-2,6H2,(H,7,8);2*1-4H2;/q;;;+2/t3-;;;/m0.../s1. The number of halogens is 1. The summed E-state index contributed by atoms with van der Waals surface area (Å²) in [6.45, 7) is 2.39. The molecule has 11 N–H and O–H groups in total. The maximum absolute atomic E-state index is 9.94. The fraction of sp³-hybridized carbons (Fsp3) is 0.875. The van der Waals surface area contributed by atoms with Gasteiger partial charge in [-0.1, -0.05) is 15.9 Å². The minimum atomic E-state index is -0.940. The van der Waals surface area contributed by atoms with Crippen molar-refractivity contribution in [1.82, 2.24) is 0 Å². The number of rotatable bonds is 5. The largest absolute Gasteiger partial charge is 2.00 e. The molecule has 17 heavy (non-hydrogen) atoms. The molecule has 0 spiro atoms. The van der Waals surface area contributed by atoms with Gasteiger partial charge in [0.15, 0.2) is 0 Å². The van der Waals surface area contributed by atoms with E-state index in [4.69, 9.17) is 33.8 Å². The van der Waals surface area contributed by atoms with E-state index in [1.165, 1.54) is 0 Å². The maximum atomic E-state index is 9.94. The van der Waals surface area contributed by atoms with Crippen LogP contribution in [0.15, 0.2) is 0 Å². The van der Waals surface area contributed by atoms with E-state index in [1.807, 2.05) is 0 Å². The van der Waals surface area contributed by atoms with E-state index < -0.39 is 12.0 Å². The van der Waals surface area contributed by atoms with Crippen molar-refractivity contribution in [2.75, 3.05) is 31.5 Å². The average molecular weight is 361 g/mol. The Balaban J connectivity index is -0.0000000806. The van der Waals surface area contributed by atoms with Crippen LogP contribution >= 0.6 is 15.9 Å². The number of aliphatic carboxylic acids is 1. The van der Waals surface area contributed by atoms with Crippen molar-refractivity contribution in [3.8, 4) is 0 Å². The molecule has 9 heteroatoms. The first-order chi connectivity index (χ1) is 7.51. The summed E-state index contributed by atoms with van der Waals surface area (Å²) in [6, 6.07) is -0.714. The molecule has 0 amide bonds. The molecular weight excluding hydrogens is 337 g/mol. The van der Waals surface area contributed by atoms with Crippen molar-refractivity contribution in [3.63, 3.8) is 0 Å². The number of hydrogen-bond donors (Lipinski definition) is 6. The Hall–Kier alpha value is 0.256. The van der Waals surface area contributed by atoms with Crippen molar-refractivity contribution in [1.29, 1.82) is 0 Å². The zero-order chi connectivity index (χ0) is 13.4. The molecule has 0 rings (SSSR count). The van der Waals surface area contributed by atoms with Gasteiger partial charge in [-0.2, -0.15) is 0 Å². The Kier molecular flexibility index (Phi) is 38.5. The molecule has 1 atom stereocenters. The third-order valence-corrected chi connectivity index (χ3v) is 1.53. The fourth-order valence-electron chi connectivity index (χ4n) is 0.241. The van der Waals surface area contributed by atoms with E-state index in [0.717, 1.165) is 0 Å². The molecule has 0 aromatic heterocycles. The first-order valence-corrected chi connectivity index (χ1v) is 5.98.